The van der Waals surface area contributed by atoms with Crippen LogP contribution >= 0.6 is 0 Å². The van der Waals surface area contributed by atoms with Gasteiger partial charge in [-0.05, 0) is 56.7 Å². The van der Waals surface area contributed by atoms with E-state index in [1.54, 1.807) is 31.5 Å². The van der Waals surface area contributed by atoms with Gasteiger partial charge in [-0.3, -0.25) is 0 Å². The van der Waals surface area contributed by atoms with Crippen LogP contribution in [0.25, 0.3) is 10.8 Å². The second kappa shape index (κ2) is 7.95. The summed E-state index contributed by atoms with van der Waals surface area (Å²) in [5.74, 6) is 1.65. The number of aromatic nitrogens is 3. The Morgan fingerprint density at radius 3 is 2.67 bits per heavy atom. The van der Waals surface area contributed by atoms with E-state index in [0.717, 1.165) is 40.7 Å². The average molecular weight is 448 g/mol. The monoisotopic (exact) mass is 447 g/mol. The number of carbonyl (C=O) groups is 1. The lowest BCUT2D eigenvalue weighted by molar-refractivity contribution is 0.0235. The Balaban J connectivity index is 1.54. The minimum absolute atomic E-state index is 0.00241. The largest absolute Gasteiger partial charge is 0.458 e. The SMILES string of the molecule is CCC(C)(O)c1cnc(NC2CC2)c2cnc(Nc3ccc4c(n3)[C@@H](C)[C@H](C)OC4=O)cc12. The van der Waals surface area contributed by atoms with Crippen LogP contribution in [0.4, 0.5) is 17.5 Å². The molecule has 1 aliphatic carbocycles. The zero-order valence-corrected chi connectivity index (χ0v) is 19.3. The van der Waals surface area contributed by atoms with Crippen molar-refractivity contribution in [3.05, 3.63) is 47.4 Å². The van der Waals surface area contributed by atoms with E-state index in [1.807, 2.05) is 26.8 Å². The maximum absolute atomic E-state index is 12.2. The van der Waals surface area contributed by atoms with Gasteiger partial charge in [0.05, 0.1) is 16.9 Å². The van der Waals surface area contributed by atoms with Gasteiger partial charge in [-0.2, -0.15) is 0 Å². The summed E-state index contributed by atoms with van der Waals surface area (Å²) in [6.45, 7) is 7.63. The van der Waals surface area contributed by atoms with Crippen LogP contribution in [0.2, 0.25) is 0 Å². The lowest BCUT2D eigenvalue weighted by atomic mass is 9.91. The maximum atomic E-state index is 12.2. The Labute approximate surface area is 192 Å². The Morgan fingerprint density at radius 2 is 1.94 bits per heavy atom. The summed E-state index contributed by atoms with van der Waals surface area (Å²) in [5, 5.41) is 19.5. The van der Waals surface area contributed by atoms with E-state index in [1.165, 1.54) is 0 Å². The summed E-state index contributed by atoms with van der Waals surface area (Å²) < 4.78 is 5.38. The van der Waals surface area contributed by atoms with Crippen molar-refractivity contribution in [2.75, 3.05) is 10.6 Å². The van der Waals surface area contributed by atoms with E-state index in [9.17, 15) is 9.90 Å². The molecular formula is C25H29N5O3. The molecule has 1 aliphatic heterocycles. The van der Waals surface area contributed by atoms with E-state index in [4.69, 9.17) is 9.72 Å². The van der Waals surface area contributed by atoms with E-state index in [2.05, 4.69) is 20.6 Å². The van der Waals surface area contributed by atoms with Gasteiger partial charge < -0.3 is 20.5 Å². The van der Waals surface area contributed by atoms with E-state index in [0.29, 0.717) is 29.7 Å². The van der Waals surface area contributed by atoms with Gasteiger partial charge in [-0.25, -0.2) is 19.7 Å². The molecule has 172 valence electrons. The molecule has 0 radical (unpaired) electrons. The van der Waals surface area contributed by atoms with Crippen LogP contribution in [0.15, 0.2) is 30.6 Å². The minimum Gasteiger partial charge on any atom is -0.458 e. The topological polar surface area (TPSA) is 109 Å². The smallest absolute Gasteiger partial charge is 0.340 e. The first kappa shape index (κ1) is 21.6. The number of hydrogen-bond acceptors (Lipinski definition) is 8. The molecule has 3 atom stereocenters. The highest BCUT2D eigenvalue weighted by Gasteiger charge is 2.32. The van der Waals surface area contributed by atoms with Crippen LogP contribution in [-0.4, -0.2) is 38.2 Å². The van der Waals surface area contributed by atoms with Crippen molar-refractivity contribution >= 4 is 34.2 Å². The fourth-order valence-corrected chi connectivity index (χ4v) is 4.11. The fraction of sp³-hybridized carbons (Fsp3) is 0.440. The molecule has 3 aromatic heterocycles. The number of carbonyl (C=O) groups excluding carboxylic acids is 1. The van der Waals surface area contributed by atoms with Crippen LogP contribution < -0.4 is 10.6 Å². The molecule has 0 aromatic carbocycles. The number of esters is 1. The van der Waals surface area contributed by atoms with E-state index in [-0.39, 0.29) is 18.0 Å². The van der Waals surface area contributed by atoms with Crippen molar-refractivity contribution in [1.29, 1.82) is 0 Å². The summed E-state index contributed by atoms with van der Waals surface area (Å²) >= 11 is 0. The molecule has 33 heavy (non-hydrogen) atoms. The number of nitrogens with zero attached hydrogens (tertiary/aromatic N) is 3. The van der Waals surface area contributed by atoms with Gasteiger partial charge in [0.15, 0.2) is 0 Å². The summed E-state index contributed by atoms with van der Waals surface area (Å²) in [6.07, 6.45) is 6.15. The molecule has 2 aliphatic rings. The summed E-state index contributed by atoms with van der Waals surface area (Å²) in [5.41, 5.74) is 0.966. The van der Waals surface area contributed by atoms with Crippen LogP contribution in [0.5, 0.6) is 0 Å². The second-order valence-electron chi connectivity index (χ2n) is 9.34. The first-order valence-electron chi connectivity index (χ1n) is 11.5. The highest BCUT2D eigenvalue weighted by atomic mass is 16.5. The predicted octanol–water partition coefficient (Wildman–Crippen LogP) is 4.62. The van der Waals surface area contributed by atoms with E-state index >= 15 is 0 Å². The number of rotatable bonds is 6. The number of aliphatic hydroxyl groups is 1. The van der Waals surface area contributed by atoms with Crippen LogP contribution in [-0.2, 0) is 10.3 Å². The van der Waals surface area contributed by atoms with E-state index < -0.39 is 5.60 Å². The number of fused-ring (bicyclic) bond motifs is 2. The molecule has 3 N–H and O–H groups in total. The lowest BCUT2D eigenvalue weighted by Crippen LogP contribution is -2.29. The Morgan fingerprint density at radius 1 is 1.15 bits per heavy atom. The summed E-state index contributed by atoms with van der Waals surface area (Å²) in [6, 6.07) is 5.87. The lowest BCUT2D eigenvalue weighted by Gasteiger charge is -2.27. The number of cyclic esters (lactones) is 1. The first-order valence-corrected chi connectivity index (χ1v) is 11.5. The highest BCUT2D eigenvalue weighted by Crippen LogP contribution is 2.36. The molecule has 8 heteroatoms. The molecule has 0 amide bonds. The van der Waals surface area contributed by atoms with Gasteiger partial charge in [-0.1, -0.05) is 13.8 Å². The molecule has 1 fully saturated rings. The fourth-order valence-electron chi connectivity index (χ4n) is 4.11. The third-order valence-corrected chi connectivity index (χ3v) is 6.79. The van der Waals surface area contributed by atoms with Crippen LogP contribution in [0.1, 0.15) is 74.5 Å². The van der Waals surface area contributed by atoms with Gasteiger partial charge in [0.1, 0.15) is 23.6 Å². The molecule has 5 rings (SSSR count). The third kappa shape index (κ3) is 3.99. The minimum atomic E-state index is -1.02. The van der Waals surface area contributed by atoms with Crippen molar-refractivity contribution in [2.45, 2.75) is 70.6 Å². The van der Waals surface area contributed by atoms with Crippen LogP contribution in [0.3, 0.4) is 0 Å². The zero-order valence-electron chi connectivity index (χ0n) is 19.3. The molecule has 3 aromatic rings. The normalized spacial score (nSPS) is 21.8. The number of ether oxygens (including phenoxy) is 1. The molecule has 0 saturated heterocycles. The van der Waals surface area contributed by atoms with Gasteiger partial charge in [-0.15, -0.1) is 0 Å². The maximum Gasteiger partial charge on any atom is 0.340 e. The number of pyridine rings is 3. The summed E-state index contributed by atoms with van der Waals surface area (Å²) in [7, 11) is 0. The molecular weight excluding hydrogens is 418 g/mol. The van der Waals surface area contributed by atoms with Crippen molar-refractivity contribution in [2.24, 2.45) is 0 Å². The third-order valence-electron chi connectivity index (χ3n) is 6.79. The zero-order chi connectivity index (χ0) is 23.3. The van der Waals surface area contributed by atoms with Gasteiger partial charge in [0.25, 0.3) is 0 Å². The summed E-state index contributed by atoms with van der Waals surface area (Å²) in [4.78, 5) is 26.1. The van der Waals surface area contributed by atoms with Crippen molar-refractivity contribution in [3.63, 3.8) is 0 Å². The second-order valence-corrected chi connectivity index (χ2v) is 9.34. The number of nitrogens with one attached hydrogen (secondary N) is 2. The Bertz CT molecular complexity index is 1240. The molecule has 0 spiro atoms. The predicted molar refractivity (Wildman–Crippen MR) is 127 cm³/mol. The van der Waals surface area contributed by atoms with Crippen molar-refractivity contribution < 1.29 is 14.6 Å². The standard InChI is InChI=1S/C25H29N5O3/c1-5-25(4,32)19-12-27-23(28-15-6-7-15)18-11-26-21(10-17(18)19)29-20-9-8-16-22(30-20)13(2)14(3)33-24(16)31/h8-15,32H,5-7H2,1-4H3,(H,27,28)(H,26,29,30)/t13-,14-,25?/m0/s1. The van der Waals surface area contributed by atoms with Gasteiger partial charge >= 0.3 is 5.97 Å². The van der Waals surface area contributed by atoms with Crippen LogP contribution in [0, 0.1) is 0 Å². The molecule has 4 heterocycles. The van der Waals surface area contributed by atoms with Gasteiger partial charge in [0, 0.05) is 35.3 Å². The average Bonchev–Trinajstić information content (AvgIpc) is 3.61. The molecule has 0 bridgehead atoms. The van der Waals surface area contributed by atoms with Gasteiger partial charge in [0.2, 0.25) is 0 Å². The highest BCUT2D eigenvalue weighted by molar-refractivity contribution is 5.96. The first-order chi connectivity index (χ1) is 15.8. The van der Waals surface area contributed by atoms with Crippen molar-refractivity contribution in [3.8, 4) is 0 Å². The quantitative estimate of drug-likeness (QED) is 0.470. The molecule has 8 nitrogen and oxygen atoms in total. The Hall–Kier alpha value is -3.26. The number of hydrogen-bond donors (Lipinski definition) is 3. The number of anilines is 3. The molecule has 1 unspecified atom stereocenters. The Kier molecular flexibility index (Phi) is 5.20. The molecule has 1 saturated carbocycles. The van der Waals surface area contributed by atoms with Crippen molar-refractivity contribution in [1.82, 2.24) is 15.0 Å².